The Morgan fingerprint density at radius 2 is 2.36 bits per heavy atom. The maximum absolute atomic E-state index is 4.34. The highest BCUT2D eigenvalue weighted by Crippen LogP contribution is 2.03. The Labute approximate surface area is 75.7 Å². The Morgan fingerprint density at radius 1 is 1.64 bits per heavy atom. The fraction of sp³-hybridized carbons (Fsp3) is 0.625. The van der Waals surface area contributed by atoms with Crippen molar-refractivity contribution < 1.29 is 0 Å². The summed E-state index contributed by atoms with van der Waals surface area (Å²) in [6.07, 6.45) is 2.02. The molecule has 1 aromatic heterocycles. The van der Waals surface area contributed by atoms with Gasteiger partial charge in [0.25, 0.3) is 0 Å². The van der Waals surface area contributed by atoms with Crippen LogP contribution in [-0.4, -0.2) is 9.78 Å². The molecular formula is C8H13BrN2. The van der Waals surface area contributed by atoms with Crippen LogP contribution < -0.4 is 0 Å². The van der Waals surface area contributed by atoms with Crippen molar-refractivity contribution in [1.29, 1.82) is 0 Å². The molecule has 0 bridgehead atoms. The standard InChI is InChI=1S/C8H13BrN2/c1-7(2)6-11-4-3-8(5-9)10-11/h3-4,7H,5-6H2,1-2H3. The number of nitrogens with zero attached hydrogens (tertiary/aromatic N) is 2. The molecule has 0 saturated carbocycles. The number of rotatable bonds is 3. The molecule has 1 aromatic rings. The summed E-state index contributed by atoms with van der Waals surface area (Å²) in [5.41, 5.74) is 1.10. The second-order valence-corrected chi connectivity index (χ2v) is 3.62. The third-order valence-electron chi connectivity index (χ3n) is 1.39. The van der Waals surface area contributed by atoms with Crippen molar-refractivity contribution >= 4 is 15.9 Å². The topological polar surface area (TPSA) is 17.8 Å². The summed E-state index contributed by atoms with van der Waals surface area (Å²) in [6.45, 7) is 5.39. The Kier molecular flexibility index (Phi) is 3.12. The lowest BCUT2D eigenvalue weighted by molar-refractivity contribution is 0.481. The SMILES string of the molecule is CC(C)Cn1ccc(CBr)n1. The molecule has 0 radical (unpaired) electrons. The van der Waals surface area contributed by atoms with Crippen molar-refractivity contribution in [1.82, 2.24) is 9.78 Å². The van der Waals surface area contributed by atoms with Crippen LogP contribution in [-0.2, 0) is 11.9 Å². The van der Waals surface area contributed by atoms with Crippen molar-refractivity contribution in [2.75, 3.05) is 0 Å². The van der Waals surface area contributed by atoms with Gasteiger partial charge >= 0.3 is 0 Å². The molecule has 2 nitrogen and oxygen atoms in total. The van der Waals surface area contributed by atoms with Crippen LogP contribution in [0.5, 0.6) is 0 Å². The molecule has 0 fully saturated rings. The molecule has 1 heterocycles. The van der Waals surface area contributed by atoms with E-state index in [0.717, 1.165) is 17.6 Å². The Bertz CT molecular complexity index is 218. The number of aromatic nitrogens is 2. The molecule has 0 N–H and O–H groups in total. The smallest absolute Gasteiger partial charge is 0.0729 e. The van der Waals surface area contributed by atoms with E-state index < -0.39 is 0 Å². The summed E-state index contributed by atoms with van der Waals surface area (Å²) in [5, 5.41) is 5.18. The van der Waals surface area contributed by atoms with E-state index >= 15 is 0 Å². The predicted molar refractivity (Wildman–Crippen MR) is 49.7 cm³/mol. The van der Waals surface area contributed by atoms with E-state index in [9.17, 15) is 0 Å². The summed E-state index contributed by atoms with van der Waals surface area (Å²) in [7, 11) is 0. The van der Waals surface area contributed by atoms with Crippen LogP contribution >= 0.6 is 15.9 Å². The van der Waals surface area contributed by atoms with Crippen LogP contribution in [0.15, 0.2) is 12.3 Å². The van der Waals surface area contributed by atoms with E-state index in [4.69, 9.17) is 0 Å². The molecule has 0 aliphatic heterocycles. The third-order valence-corrected chi connectivity index (χ3v) is 1.96. The molecule has 62 valence electrons. The lowest BCUT2D eigenvalue weighted by atomic mass is 10.2. The molecule has 11 heavy (non-hydrogen) atoms. The van der Waals surface area contributed by atoms with Crippen LogP contribution in [0.25, 0.3) is 0 Å². The van der Waals surface area contributed by atoms with Crippen molar-refractivity contribution in [3.8, 4) is 0 Å². The number of hydrogen-bond acceptors (Lipinski definition) is 1. The highest BCUT2D eigenvalue weighted by Gasteiger charge is 1.98. The maximum atomic E-state index is 4.34. The van der Waals surface area contributed by atoms with Gasteiger partial charge in [-0.25, -0.2) is 0 Å². The van der Waals surface area contributed by atoms with Gasteiger partial charge in [0.1, 0.15) is 0 Å². The van der Waals surface area contributed by atoms with Gasteiger partial charge in [0.05, 0.1) is 5.69 Å². The van der Waals surface area contributed by atoms with Gasteiger partial charge in [-0.05, 0) is 12.0 Å². The molecule has 0 aliphatic rings. The molecule has 0 saturated heterocycles. The Hall–Kier alpha value is -0.310. The molecule has 0 amide bonds. The fourth-order valence-electron chi connectivity index (χ4n) is 0.951. The highest BCUT2D eigenvalue weighted by atomic mass is 79.9. The van der Waals surface area contributed by atoms with Gasteiger partial charge < -0.3 is 0 Å². The zero-order valence-electron chi connectivity index (χ0n) is 6.92. The summed E-state index contributed by atoms with van der Waals surface area (Å²) >= 11 is 3.36. The second-order valence-electron chi connectivity index (χ2n) is 3.06. The predicted octanol–water partition coefficient (Wildman–Crippen LogP) is 2.43. The highest BCUT2D eigenvalue weighted by molar-refractivity contribution is 9.08. The monoisotopic (exact) mass is 216 g/mol. The van der Waals surface area contributed by atoms with Crippen LogP contribution in [0.1, 0.15) is 19.5 Å². The lowest BCUT2D eigenvalue weighted by Crippen LogP contribution is -2.04. The van der Waals surface area contributed by atoms with E-state index in [0.29, 0.717) is 5.92 Å². The number of halogens is 1. The lowest BCUT2D eigenvalue weighted by Gasteiger charge is -2.03. The number of alkyl halides is 1. The van der Waals surface area contributed by atoms with Crippen LogP contribution in [0.2, 0.25) is 0 Å². The average Bonchev–Trinajstić information content (AvgIpc) is 2.34. The molecule has 0 aromatic carbocycles. The normalized spacial score (nSPS) is 10.9. The average molecular weight is 217 g/mol. The first-order chi connectivity index (χ1) is 5.22. The van der Waals surface area contributed by atoms with Gasteiger partial charge in [-0.1, -0.05) is 29.8 Å². The van der Waals surface area contributed by atoms with E-state index in [1.807, 2.05) is 16.9 Å². The van der Waals surface area contributed by atoms with Crippen molar-refractivity contribution in [2.45, 2.75) is 25.7 Å². The van der Waals surface area contributed by atoms with Gasteiger partial charge in [0.2, 0.25) is 0 Å². The zero-order chi connectivity index (χ0) is 8.27. The zero-order valence-corrected chi connectivity index (χ0v) is 8.50. The molecular weight excluding hydrogens is 204 g/mol. The third kappa shape index (κ3) is 2.66. The second kappa shape index (κ2) is 3.90. The van der Waals surface area contributed by atoms with Gasteiger partial charge in [-0.2, -0.15) is 5.10 Å². The summed E-state index contributed by atoms with van der Waals surface area (Å²) in [4.78, 5) is 0. The first-order valence-corrected chi connectivity index (χ1v) is 4.93. The summed E-state index contributed by atoms with van der Waals surface area (Å²) in [6, 6.07) is 2.04. The molecule has 3 heteroatoms. The minimum atomic E-state index is 0.665. The molecule has 0 aliphatic carbocycles. The van der Waals surface area contributed by atoms with E-state index in [-0.39, 0.29) is 0 Å². The molecule has 0 atom stereocenters. The van der Waals surface area contributed by atoms with Crippen molar-refractivity contribution in [2.24, 2.45) is 5.92 Å². The van der Waals surface area contributed by atoms with E-state index in [2.05, 4.69) is 34.9 Å². The van der Waals surface area contributed by atoms with Crippen molar-refractivity contribution in [3.63, 3.8) is 0 Å². The number of hydrogen-bond donors (Lipinski definition) is 0. The quantitative estimate of drug-likeness (QED) is 0.711. The largest absolute Gasteiger partial charge is 0.272 e. The summed E-state index contributed by atoms with van der Waals surface area (Å²) < 4.78 is 1.99. The van der Waals surface area contributed by atoms with Gasteiger partial charge in [-0.3, -0.25) is 4.68 Å². The van der Waals surface area contributed by atoms with Crippen molar-refractivity contribution in [3.05, 3.63) is 18.0 Å². The minimum Gasteiger partial charge on any atom is -0.272 e. The Morgan fingerprint density at radius 3 is 2.82 bits per heavy atom. The van der Waals surface area contributed by atoms with Gasteiger partial charge in [0.15, 0.2) is 0 Å². The molecule has 1 rings (SSSR count). The van der Waals surface area contributed by atoms with Crippen LogP contribution in [0.4, 0.5) is 0 Å². The van der Waals surface area contributed by atoms with Crippen LogP contribution in [0.3, 0.4) is 0 Å². The van der Waals surface area contributed by atoms with E-state index in [1.165, 1.54) is 0 Å². The molecule has 0 unspecified atom stereocenters. The fourth-order valence-corrected chi connectivity index (χ4v) is 1.25. The van der Waals surface area contributed by atoms with Crippen LogP contribution in [0, 0.1) is 5.92 Å². The first-order valence-electron chi connectivity index (χ1n) is 3.80. The Balaban J connectivity index is 2.58. The maximum Gasteiger partial charge on any atom is 0.0729 e. The van der Waals surface area contributed by atoms with Gasteiger partial charge in [-0.15, -0.1) is 0 Å². The first kappa shape index (κ1) is 8.78. The minimum absolute atomic E-state index is 0.665. The molecule has 0 spiro atoms. The summed E-state index contributed by atoms with van der Waals surface area (Å²) in [5.74, 6) is 0.665. The van der Waals surface area contributed by atoms with Gasteiger partial charge in [0, 0.05) is 18.1 Å². The van der Waals surface area contributed by atoms with E-state index in [1.54, 1.807) is 0 Å².